The first-order valence-electron chi connectivity index (χ1n) is 9.88. The van der Waals surface area contributed by atoms with Crippen LogP contribution in [0.25, 0.3) is 11.0 Å². The molecule has 0 spiro atoms. The molecule has 0 bridgehead atoms. The molecule has 0 fully saturated rings. The maximum atomic E-state index is 12.2. The number of aliphatic carboxylic acids is 1. The molecule has 1 atom stereocenters. The summed E-state index contributed by atoms with van der Waals surface area (Å²) < 4.78 is 11.2. The molecule has 4 aromatic rings. The van der Waals surface area contributed by atoms with Crippen LogP contribution in [-0.4, -0.2) is 33.6 Å². The molecule has 8 nitrogen and oxygen atoms in total. The Morgan fingerprint density at radius 2 is 1.70 bits per heavy atom. The molecule has 0 aliphatic carbocycles. The SMILES string of the molecule is O=C(COc1ccc(Oc2cnc3cc(Cl)ccc3n2)cc1)NC(C(=O)O)c1ccccc1. The van der Waals surface area contributed by atoms with Gasteiger partial charge in [-0.25, -0.2) is 14.8 Å². The van der Waals surface area contributed by atoms with E-state index in [1.807, 2.05) is 0 Å². The van der Waals surface area contributed by atoms with Crippen molar-refractivity contribution >= 4 is 34.5 Å². The van der Waals surface area contributed by atoms with Crippen molar-refractivity contribution in [2.45, 2.75) is 6.04 Å². The molecule has 1 heterocycles. The minimum Gasteiger partial charge on any atom is -0.484 e. The van der Waals surface area contributed by atoms with Crippen LogP contribution in [0.1, 0.15) is 11.6 Å². The molecule has 0 radical (unpaired) electrons. The van der Waals surface area contributed by atoms with Crippen molar-refractivity contribution in [2.75, 3.05) is 6.61 Å². The Kier molecular flexibility index (Phi) is 6.66. The summed E-state index contributed by atoms with van der Waals surface area (Å²) in [5.74, 6) is -0.472. The summed E-state index contributed by atoms with van der Waals surface area (Å²) in [5, 5.41) is 12.4. The lowest BCUT2D eigenvalue weighted by Crippen LogP contribution is -2.36. The van der Waals surface area contributed by atoms with Crippen LogP contribution in [-0.2, 0) is 9.59 Å². The van der Waals surface area contributed by atoms with Gasteiger partial charge in [0.25, 0.3) is 5.91 Å². The number of nitrogens with zero attached hydrogens (tertiary/aromatic N) is 2. The fraction of sp³-hybridized carbons (Fsp3) is 0.0833. The first kappa shape index (κ1) is 22.0. The van der Waals surface area contributed by atoms with Crippen molar-refractivity contribution in [3.63, 3.8) is 0 Å². The van der Waals surface area contributed by atoms with Crippen LogP contribution in [0.2, 0.25) is 5.02 Å². The summed E-state index contributed by atoms with van der Waals surface area (Å²) in [6.07, 6.45) is 1.50. The largest absolute Gasteiger partial charge is 0.484 e. The van der Waals surface area contributed by atoms with Crippen LogP contribution in [0.4, 0.5) is 0 Å². The van der Waals surface area contributed by atoms with Crippen molar-refractivity contribution in [2.24, 2.45) is 0 Å². The quantitative estimate of drug-likeness (QED) is 0.398. The number of hydrogen-bond donors (Lipinski definition) is 2. The number of nitrogens with one attached hydrogen (secondary N) is 1. The van der Waals surface area contributed by atoms with Gasteiger partial charge in [-0.2, -0.15) is 0 Å². The number of carboxylic acid groups (broad SMARTS) is 1. The second kappa shape index (κ2) is 9.97. The maximum absolute atomic E-state index is 12.2. The minimum absolute atomic E-state index is 0.318. The smallest absolute Gasteiger partial charge is 0.330 e. The van der Waals surface area contributed by atoms with E-state index in [9.17, 15) is 14.7 Å². The first-order chi connectivity index (χ1) is 16.0. The predicted octanol–water partition coefficient (Wildman–Crippen LogP) is 4.40. The molecule has 1 aromatic heterocycles. The molecule has 2 N–H and O–H groups in total. The van der Waals surface area contributed by atoms with Crippen molar-refractivity contribution in [1.82, 2.24) is 15.3 Å². The van der Waals surface area contributed by atoms with E-state index in [0.717, 1.165) is 0 Å². The molecule has 0 aliphatic heterocycles. The Labute approximate surface area is 193 Å². The van der Waals surface area contributed by atoms with Gasteiger partial charge in [-0.15, -0.1) is 0 Å². The van der Waals surface area contributed by atoms with Crippen LogP contribution in [0.15, 0.2) is 79.0 Å². The topological polar surface area (TPSA) is 111 Å². The molecule has 0 aliphatic rings. The number of benzene rings is 3. The number of carbonyl (C=O) groups is 2. The summed E-state index contributed by atoms with van der Waals surface area (Å²) in [5.41, 5.74) is 1.78. The minimum atomic E-state index is -1.16. The molecule has 1 amide bonds. The van der Waals surface area contributed by atoms with Gasteiger partial charge in [0.1, 0.15) is 11.5 Å². The zero-order valence-corrected chi connectivity index (χ0v) is 17.9. The number of amides is 1. The van der Waals surface area contributed by atoms with Gasteiger partial charge in [-0.3, -0.25) is 4.79 Å². The first-order valence-corrected chi connectivity index (χ1v) is 10.3. The van der Waals surface area contributed by atoms with E-state index in [2.05, 4.69) is 15.3 Å². The lowest BCUT2D eigenvalue weighted by atomic mass is 10.1. The average molecular weight is 464 g/mol. The highest BCUT2D eigenvalue weighted by Gasteiger charge is 2.21. The van der Waals surface area contributed by atoms with Gasteiger partial charge in [0.2, 0.25) is 5.88 Å². The summed E-state index contributed by atoms with van der Waals surface area (Å²) in [4.78, 5) is 32.4. The Morgan fingerprint density at radius 3 is 2.42 bits per heavy atom. The van der Waals surface area contributed by atoms with Crippen molar-refractivity contribution in [1.29, 1.82) is 0 Å². The summed E-state index contributed by atoms with van der Waals surface area (Å²) in [6.45, 7) is -0.338. The van der Waals surface area contributed by atoms with Crippen LogP contribution >= 0.6 is 11.6 Å². The predicted molar refractivity (Wildman–Crippen MR) is 122 cm³/mol. The van der Waals surface area contributed by atoms with Gasteiger partial charge in [0, 0.05) is 5.02 Å². The third-order valence-electron chi connectivity index (χ3n) is 4.58. The normalized spacial score (nSPS) is 11.5. The standard InChI is InChI=1S/C24H18ClN3O5/c25-16-6-11-19-20(12-16)26-13-22(27-19)33-18-9-7-17(8-10-18)32-14-21(29)28-23(24(30)31)15-4-2-1-3-5-15/h1-13,23H,14H2,(H,28,29)(H,30,31). The molecule has 4 rings (SSSR count). The second-order valence-electron chi connectivity index (χ2n) is 6.95. The molecular formula is C24H18ClN3O5. The lowest BCUT2D eigenvalue weighted by Gasteiger charge is -2.15. The number of hydrogen-bond acceptors (Lipinski definition) is 6. The number of carboxylic acids is 1. The zero-order valence-electron chi connectivity index (χ0n) is 17.1. The van der Waals surface area contributed by atoms with E-state index in [4.69, 9.17) is 21.1 Å². The maximum Gasteiger partial charge on any atom is 0.330 e. The monoisotopic (exact) mass is 463 g/mol. The highest BCUT2D eigenvalue weighted by atomic mass is 35.5. The molecular weight excluding hydrogens is 446 g/mol. The van der Waals surface area contributed by atoms with Crippen molar-refractivity contribution in [3.05, 3.63) is 89.6 Å². The molecule has 33 heavy (non-hydrogen) atoms. The van der Waals surface area contributed by atoms with E-state index in [1.54, 1.807) is 72.8 Å². The third kappa shape index (κ3) is 5.75. The van der Waals surface area contributed by atoms with Crippen LogP contribution < -0.4 is 14.8 Å². The third-order valence-corrected chi connectivity index (χ3v) is 4.82. The Bertz CT molecular complexity index is 1280. The Morgan fingerprint density at radius 1 is 0.970 bits per heavy atom. The fourth-order valence-corrected chi connectivity index (χ4v) is 3.19. The number of fused-ring (bicyclic) bond motifs is 1. The van der Waals surface area contributed by atoms with E-state index in [0.29, 0.717) is 39.0 Å². The van der Waals surface area contributed by atoms with Gasteiger partial charge < -0.3 is 19.9 Å². The Balaban J connectivity index is 1.33. The average Bonchev–Trinajstić information content (AvgIpc) is 2.82. The van der Waals surface area contributed by atoms with Crippen LogP contribution in [0, 0.1) is 0 Å². The number of ether oxygens (including phenoxy) is 2. The van der Waals surface area contributed by atoms with E-state index < -0.39 is 17.9 Å². The molecule has 0 saturated carbocycles. The van der Waals surface area contributed by atoms with Crippen molar-refractivity contribution in [3.8, 4) is 17.4 Å². The Hall–Kier alpha value is -4.17. The molecule has 0 saturated heterocycles. The number of rotatable bonds is 8. The van der Waals surface area contributed by atoms with Gasteiger partial charge in [-0.1, -0.05) is 41.9 Å². The zero-order chi connectivity index (χ0) is 23.2. The van der Waals surface area contributed by atoms with E-state index in [-0.39, 0.29) is 6.61 Å². The second-order valence-corrected chi connectivity index (χ2v) is 7.39. The summed E-state index contributed by atoms with van der Waals surface area (Å²) >= 11 is 5.95. The summed E-state index contributed by atoms with van der Waals surface area (Å²) in [6, 6.07) is 19.1. The van der Waals surface area contributed by atoms with Gasteiger partial charge in [0.05, 0.1) is 17.2 Å². The molecule has 1 unspecified atom stereocenters. The molecule has 166 valence electrons. The van der Waals surface area contributed by atoms with Crippen molar-refractivity contribution < 1.29 is 24.2 Å². The highest BCUT2D eigenvalue weighted by Crippen LogP contribution is 2.24. The number of halogens is 1. The fourth-order valence-electron chi connectivity index (χ4n) is 3.03. The van der Waals surface area contributed by atoms with Crippen LogP contribution in [0.3, 0.4) is 0 Å². The van der Waals surface area contributed by atoms with Crippen LogP contribution in [0.5, 0.6) is 17.4 Å². The van der Waals surface area contributed by atoms with Gasteiger partial charge in [0.15, 0.2) is 12.6 Å². The van der Waals surface area contributed by atoms with E-state index >= 15 is 0 Å². The van der Waals surface area contributed by atoms with Gasteiger partial charge >= 0.3 is 5.97 Å². The number of carbonyl (C=O) groups excluding carboxylic acids is 1. The summed E-state index contributed by atoms with van der Waals surface area (Å²) in [7, 11) is 0. The lowest BCUT2D eigenvalue weighted by molar-refractivity contribution is -0.142. The van der Waals surface area contributed by atoms with E-state index in [1.165, 1.54) is 6.20 Å². The van der Waals surface area contributed by atoms with Gasteiger partial charge in [-0.05, 0) is 48.0 Å². The molecule has 9 heteroatoms. The molecule has 3 aromatic carbocycles. The highest BCUT2D eigenvalue weighted by molar-refractivity contribution is 6.31. The number of aromatic nitrogens is 2.